The highest BCUT2D eigenvalue weighted by atomic mass is 31.2. The zero-order chi connectivity index (χ0) is 52.4. The number of ether oxygens (including phenoxy) is 4. The van der Waals surface area contributed by atoms with Crippen molar-refractivity contribution in [1.82, 2.24) is 0 Å². The molecule has 420 valence electrons. The molecule has 0 aromatic carbocycles. The van der Waals surface area contributed by atoms with Gasteiger partial charge in [0.1, 0.15) is 67.6 Å². The third-order valence-corrected chi connectivity index (χ3v) is 14.9. The van der Waals surface area contributed by atoms with Crippen LogP contribution in [0.15, 0.2) is 0 Å². The van der Waals surface area contributed by atoms with E-state index in [-0.39, 0.29) is 12.8 Å². The zero-order valence-corrected chi connectivity index (χ0v) is 44.6. The van der Waals surface area contributed by atoms with Gasteiger partial charge in [-0.05, 0) is 18.8 Å². The number of rotatable bonds is 43. The van der Waals surface area contributed by atoms with E-state index in [0.29, 0.717) is 12.8 Å². The first-order valence-electron chi connectivity index (χ1n) is 27.8. The SMILES string of the molecule is CCCCCCCCCCCCCCCCCC(=O)OC(COC(=O)CCCCCCCCC(C)CCCCCCCC)COP(=O)(O)OC1C(O)C(O)C(O)C(O)C1OC1OC(CO)C(O)C(O)C1O. The summed E-state index contributed by atoms with van der Waals surface area (Å²) in [6, 6.07) is 0. The van der Waals surface area contributed by atoms with Crippen LogP contribution in [0.25, 0.3) is 0 Å². The quantitative estimate of drug-likeness (QED) is 0.0164. The van der Waals surface area contributed by atoms with Crippen molar-refractivity contribution < 1.29 is 87.9 Å². The third kappa shape index (κ3) is 27.8. The van der Waals surface area contributed by atoms with Gasteiger partial charge in [0.05, 0.1) is 13.2 Å². The van der Waals surface area contributed by atoms with E-state index in [1.807, 2.05) is 0 Å². The molecular weight excluding hydrogens is 944 g/mol. The number of phosphoric acid groups is 1. The fourth-order valence-electron chi connectivity index (χ4n) is 9.30. The largest absolute Gasteiger partial charge is 0.472 e. The Kier molecular flexibility index (Phi) is 36.2. The van der Waals surface area contributed by atoms with E-state index >= 15 is 0 Å². The monoisotopic (exact) mass is 1040 g/mol. The van der Waals surface area contributed by atoms with Crippen LogP contribution < -0.4 is 0 Å². The second kappa shape index (κ2) is 39.1. The number of carbonyl (C=O) groups excluding carboxylic acids is 2. The number of hydrogen-bond acceptors (Lipinski definition) is 17. The summed E-state index contributed by atoms with van der Waals surface area (Å²) in [5.74, 6) is -0.468. The predicted molar refractivity (Wildman–Crippen MR) is 268 cm³/mol. The number of aliphatic hydroxyl groups excluding tert-OH is 8. The molecule has 0 aromatic heterocycles. The van der Waals surface area contributed by atoms with Gasteiger partial charge in [-0.25, -0.2) is 4.57 Å². The molecule has 1 aliphatic heterocycles. The molecule has 18 nitrogen and oxygen atoms in total. The third-order valence-electron chi connectivity index (χ3n) is 14.0. The molecule has 0 radical (unpaired) electrons. The van der Waals surface area contributed by atoms with Gasteiger partial charge in [0.25, 0.3) is 0 Å². The summed E-state index contributed by atoms with van der Waals surface area (Å²) in [6.07, 6.45) is 10.3. The highest BCUT2D eigenvalue weighted by Crippen LogP contribution is 2.48. The number of carbonyl (C=O) groups is 2. The lowest BCUT2D eigenvalue weighted by atomic mass is 9.84. The minimum atomic E-state index is -5.37. The second-order valence-electron chi connectivity index (χ2n) is 20.4. The van der Waals surface area contributed by atoms with Crippen molar-refractivity contribution in [3.63, 3.8) is 0 Å². The van der Waals surface area contributed by atoms with E-state index in [4.69, 9.17) is 28.0 Å². The van der Waals surface area contributed by atoms with E-state index in [0.717, 1.165) is 57.3 Å². The Balaban J connectivity index is 1.92. The molecule has 1 saturated carbocycles. The molecular formula is C52H99O18P. The summed E-state index contributed by atoms with van der Waals surface area (Å²) in [5, 5.41) is 83.1. The number of hydrogen-bond donors (Lipinski definition) is 9. The number of aliphatic hydroxyl groups is 8. The van der Waals surface area contributed by atoms with Crippen molar-refractivity contribution in [3.8, 4) is 0 Å². The summed E-state index contributed by atoms with van der Waals surface area (Å²) in [6.45, 7) is 4.60. The van der Waals surface area contributed by atoms with Crippen molar-refractivity contribution in [1.29, 1.82) is 0 Å². The van der Waals surface area contributed by atoms with Crippen LogP contribution in [0.5, 0.6) is 0 Å². The van der Waals surface area contributed by atoms with Crippen LogP contribution >= 0.6 is 7.82 Å². The zero-order valence-electron chi connectivity index (χ0n) is 43.7. The summed E-state index contributed by atoms with van der Waals surface area (Å²) >= 11 is 0. The molecule has 0 aromatic rings. The van der Waals surface area contributed by atoms with Gasteiger partial charge in [-0.3, -0.25) is 18.6 Å². The minimum absolute atomic E-state index is 0.0391. The lowest BCUT2D eigenvalue weighted by Gasteiger charge is -2.47. The van der Waals surface area contributed by atoms with Gasteiger partial charge in [0, 0.05) is 12.8 Å². The molecule has 19 heteroatoms. The van der Waals surface area contributed by atoms with Gasteiger partial charge < -0.3 is 64.7 Å². The maximum Gasteiger partial charge on any atom is 0.472 e. The molecule has 9 N–H and O–H groups in total. The van der Waals surface area contributed by atoms with Gasteiger partial charge in [-0.15, -0.1) is 0 Å². The molecule has 2 rings (SSSR count). The van der Waals surface area contributed by atoms with Crippen LogP contribution in [-0.2, 0) is 42.1 Å². The Hall–Kier alpha value is -1.35. The molecule has 1 aliphatic carbocycles. The van der Waals surface area contributed by atoms with Crippen LogP contribution in [0.4, 0.5) is 0 Å². The van der Waals surface area contributed by atoms with Crippen molar-refractivity contribution >= 4 is 19.8 Å². The van der Waals surface area contributed by atoms with Crippen LogP contribution in [0.2, 0.25) is 0 Å². The molecule has 0 amide bonds. The highest BCUT2D eigenvalue weighted by molar-refractivity contribution is 7.47. The molecule has 2 aliphatic rings. The normalized spacial score (nSPS) is 27.5. The molecule has 0 bridgehead atoms. The molecule has 2 fully saturated rings. The first kappa shape index (κ1) is 65.8. The molecule has 14 atom stereocenters. The first-order valence-corrected chi connectivity index (χ1v) is 29.2. The Morgan fingerprint density at radius 1 is 0.521 bits per heavy atom. The Morgan fingerprint density at radius 3 is 1.39 bits per heavy atom. The van der Waals surface area contributed by atoms with E-state index in [2.05, 4.69) is 20.8 Å². The van der Waals surface area contributed by atoms with Gasteiger partial charge >= 0.3 is 19.8 Å². The predicted octanol–water partition coefficient (Wildman–Crippen LogP) is 7.35. The molecule has 14 unspecified atom stereocenters. The van der Waals surface area contributed by atoms with Crippen LogP contribution in [0, 0.1) is 5.92 Å². The van der Waals surface area contributed by atoms with Crippen LogP contribution in [0.3, 0.4) is 0 Å². The van der Waals surface area contributed by atoms with E-state index in [1.165, 1.54) is 122 Å². The van der Waals surface area contributed by atoms with Gasteiger partial charge in [0.15, 0.2) is 12.4 Å². The Bertz CT molecular complexity index is 1390. The van der Waals surface area contributed by atoms with Crippen molar-refractivity contribution in [2.75, 3.05) is 19.8 Å². The standard InChI is InChI=1S/C52H99O18P/c1-4-6-8-10-12-13-14-15-16-17-18-19-20-26-30-34-42(55)67-39(36-65-41(54)33-29-25-22-21-24-28-32-38(3)31-27-23-11-9-7-5-2)37-66-71(63,64)70-51-48(61)46(59)45(58)47(60)50(51)69-52-49(62)44(57)43(56)40(35-53)68-52/h38-40,43-53,56-62H,4-37H2,1-3H3,(H,63,64). The molecule has 0 spiro atoms. The lowest BCUT2D eigenvalue weighted by molar-refractivity contribution is -0.338. The second-order valence-corrected chi connectivity index (χ2v) is 21.8. The summed E-state index contributed by atoms with van der Waals surface area (Å²) in [4.78, 5) is 36.7. The Morgan fingerprint density at radius 2 is 0.930 bits per heavy atom. The average molecular weight is 1040 g/mol. The van der Waals surface area contributed by atoms with Gasteiger partial charge in [0.2, 0.25) is 0 Å². The number of esters is 2. The van der Waals surface area contributed by atoms with Gasteiger partial charge in [-0.1, -0.05) is 194 Å². The molecule has 1 heterocycles. The average Bonchev–Trinajstić information content (AvgIpc) is 3.35. The molecule has 71 heavy (non-hydrogen) atoms. The van der Waals surface area contributed by atoms with Crippen LogP contribution in [0.1, 0.15) is 220 Å². The van der Waals surface area contributed by atoms with E-state index < -0.39 is 113 Å². The Labute approximate surface area is 425 Å². The van der Waals surface area contributed by atoms with Gasteiger partial charge in [-0.2, -0.15) is 0 Å². The first-order chi connectivity index (χ1) is 34.1. The summed E-state index contributed by atoms with van der Waals surface area (Å²) in [5.41, 5.74) is 0. The van der Waals surface area contributed by atoms with Crippen LogP contribution in [-0.4, -0.2) is 151 Å². The maximum atomic E-state index is 13.4. The summed E-state index contributed by atoms with van der Waals surface area (Å²) < 4.78 is 45.6. The lowest BCUT2D eigenvalue weighted by Crippen LogP contribution is -2.67. The van der Waals surface area contributed by atoms with E-state index in [1.54, 1.807) is 0 Å². The van der Waals surface area contributed by atoms with E-state index in [9.17, 15) is 59.9 Å². The topological polar surface area (TPSA) is 289 Å². The van der Waals surface area contributed by atoms with Crippen molar-refractivity contribution in [2.45, 2.75) is 293 Å². The van der Waals surface area contributed by atoms with Crippen molar-refractivity contribution in [2.24, 2.45) is 5.92 Å². The molecule has 1 saturated heterocycles. The fourth-order valence-corrected chi connectivity index (χ4v) is 10.3. The fraction of sp³-hybridized carbons (Fsp3) is 0.962. The summed E-state index contributed by atoms with van der Waals surface area (Å²) in [7, 11) is -5.37. The number of phosphoric ester groups is 1. The van der Waals surface area contributed by atoms with Crippen molar-refractivity contribution in [3.05, 3.63) is 0 Å². The minimum Gasteiger partial charge on any atom is -0.462 e. The maximum absolute atomic E-state index is 13.4. The number of unbranched alkanes of at least 4 members (excludes halogenated alkanes) is 24. The smallest absolute Gasteiger partial charge is 0.462 e. The highest BCUT2D eigenvalue weighted by Gasteiger charge is 2.55.